The normalized spacial score (nSPS) is 11.1. The predicted octanol–water partition coefficient (Wildman–Crippen LogP) is 4.99. The molecular weight excluding hydrogens is 352 g/mol. The van der Waals surface area contributed by atoms with Gasteiger partial charge in [-0.25, -0.2) is 9.97 Å². The standard InChI is InChI=1S/C22H26N4O2/c1-14(2)17-8-5-9-18(15(3)4)20(17)26-22-23-11-10-19(25-22)21(27)24-13-16-7-6-12-28-16/h5-12,14-15H,13H2,1-4H3,(H,24,27)(H,23,25,26). The first kappa shape index (κ1) is 19.6. The first-order chi connectivity index (χ1) is 13.5. The summed E-state index contributed by atoms with van der Waals surface area (Å²) in [5.74, 6) is 1.51. The van der Waals surface area contributed by atoms with E-state index in [-0.39, 0.29) is 5.91 Å². The second-order valence-corrected chi connectivity index (χ2v) is 7.27. The molecule has 1 amide bonds. The molecule has 0 spiro atoms. The zero-order chi connectivity index (χ0) is 20.1. The quantitative estimate of drug-likeness (QED) is 0.605. The van der Waals surface area contributed by atoms with E-state index in [9.17, 15) is 4.79 Å². The molecule has 2 heterocycles. The van der Waals surface area contributed by atoms with Gasteiger partial charge in [0.05, 0.1) is 12.8 Å². The Bertz CT molecular complexity index is 907. The molecule has 0 bridgehead atoms. The lowest BCUT2D eigenvalue weighted by molar-refractivity contribution is 0.0943. The lowest BCUT2D eigenvalue weighted by Crippen LogP contribution is -2.24. The maximum atomic E-state index is 12.4. The largest absolute Gasteiger partial charge is 0.467 e. The van der Waals surface area contributed by atoms with E-state index in [4.69, 9.17) is 4.42 Å². The van der Waals surface area contributed by atoms with E-state index in [0.717, 1.165) is 5.69 Å². The average molecular weight is 378 g/mol. The van der Waals surface area contributed by atoms with Gasteiger partial charge in [0.25, 0.3) is 5.91 Å². The van der Waals surface area contributed by atoms with Crippen LogP contribution in [0.3, 0.4) is 0 Å². The van der Waals surface area contributed by atoms with Gasteiger partial charge in [0.2, 0.25) is 5.95 Å². The first-order valence-electron chi connectivity index (χ1n) is 9.49. The summed E-state index contributed by atoms with van der Waals surface area (Å²) in [6, 6.07) is 11.5. The molecule has 28 heavy (non-hydrogen) atoms. The third-order valence-electron chi connectivity index (χ3n) is 4.50. The predicted molar refractivity (Wildman–Crippen MR) is 110 cm³/mol. The number of para-hydroxylation sites is 1. The van der Waals surface area contributed by atoms with Crippen molar-refractivity contribution in [2.24, 2.45) is 0 Å². The number of benzene rings is 1. The Morgan fingerprint density at radius 3 is 2.36 bits per heavy atom. The van der Waals surface area contributed by atoms with Gasteiger partial charge in [-0.2, -0.15) is 0 Å². The van der Waals surface area contributed by atoms with Crippen LogP contribution in [0.2, 0.25) is 0 Å². The fraction of sp³-hybridized carbons (Fsp3) is 0.318. The second-order valence-electron chi connectivity index (χ2n) is 7.27. The van der Waals surface area contributed by atoms with E-state index < -0.39 is 0 Å². The van der Waals surface area contributed by atoms with Crippen molar-refractivity contribution in [3.63, 3.8) is 0 Å². The summed E-state index contributed by atoms with van der Waals surface area (Å²) < 4.78 is 5.23. The molecule has 0 saturated heterocycles. The maximum Gasteiger partial charge on any atom is 0.270 e. The minimum absolute atomic E-state index is 0.275. The second kappa shape index (κ2) is 8.69. The number of furan rings is 1. The molecule has 6 nitrogen and oxygen atoms in total. The molecule has 2 aromatic heterocycles. The van der Waals surface area contributed by atoms with Gasteiger partial charge in [0.1, 0.15) is 11.5 Å². The monoisotopic (exact) mass is 378 g/mol. The number of rotatable bonds is 7. The van der Waals surface area contributed by atoms with Gasteiger partial charge < -0.3 is 15.1 Å². The van der Waals surface area contributed by atoms with Crippen LogP contribution in [0.25, 0.3) is 0 Å². The van der Waals surface area contributed by atoms with Crippen molar-refractivity contribution in [1.29, 1.82) is 0 Å². The maximum absolute atomic E-state index is 12.4. The Morgan fingerprint density at radius 1 is 1.04 bits per heavy atom. The van der Waals surface area contributed by atoms with E-state index in [1.54, 1.807) is 24.6 Å². The number of carbonyl (C=O) groups is 1. The molecule has 146 valence electrons. The summed E-state index contributed by atoms with van der Waals surface area (Å²) in [6.45, 7) is 8.94. The van der Waals surface area contributed by atoms with E-state index in [1.165, 1.54) is 11.1 Å². The highest BCUT2D eigenvalue weighted by atomic mass is 16.3. The molecular formula is C22H26N4O2. The third-order valence-corrected chi connectivity index (χ3v) is 4.50. The number of aromatic nitrogens is 2. The summed E-state index contributed by atoms with van der Waals surface area (Å²) in [7, 11) is 0. The van der Waals surface area contributed by atoms with Crippen LogP contribution in [-0.4, -0.2) is 15.9 Å². The van der Waals surface area contributed by atoms with Crippen LogP contribution >= 0.6 is 0 Å². The van der Waals surface area contributed by atoms with Crippen molar-refractivity contribution in [1.82, 2.24) is 15.3 Å². The molecule has 2 N–H and O–H groups in total. The summed E-state index contributed by atoms with van der Waals surface area (Å²) >= 11 is 0. The Kier molecular flexibility index (Phi) is 6.09. The Morgan fingerprint density at radius 2 is 1.75 bits per heavy atom. The molecule has 0 atom stereocenters. The molecule has 1 aromatic carbocycles. The lowest BCUT2D eigenvalue weighted by Gasteiger charge is -2.20. The summed E-state index contributed by atoms with van der Waals surface area (Å²) in [5, 5.41) is 6.15. The van der Waals surface area contributed by atoms with E-state index >= 15 is 0 Å². The third kappa shape index (κ3) is 4.57. The minimum Gasteiger partial charge on any atom is -0.467 e. The molecule has 3 aromatic rings. The molecule has 0 aliphatic rings. The van der Waals surface area contributed by atoms with Crippen molar-refractivity contribution in [3.05, 3.63) is 71.4 Å². The molecule has 6 heteroatoms. The van der Waals surface area contributed by atoms with Crippen molar-refractivity contribution in [2.45, 2.75) is 46.1 Å². The molecule has 0 saturated carbocycles. The van der Waals surface area contributed by atoms with Crippen molar-refractivity contribution < 1.29 is 9.21 Å². The fourth-order valence-electron chi connectivity index (χ4n) is 3.02. The van der Waals surface area contributed by atoms with Crippen molar-refractivity contribution in [2.75, 3.05) is 5.32 Å². The fourth-order valence-corrected chi connectivity index (χ4v) is 3.02. The van der Waals surface area contributed by atoms with E-state index in [0.29, 0.717) is 35.8 Å². The van der Waals surface area contributed by atoms with Gasteiger partial charge >= 0.3 is 0 Å². The van der Waals surface area contributed by atoms with Gasteiger partial charge in [-0.1, -0.05) is 45.9 Å². The molecule has 0 radical (unpaired) electrons. The number of hydrogen-bond donors (Lipinski definition) is 2. The highest BCUT2D eigenvalue weighted by Crippen LogP contribution is 2.33. The van der Waals surface area contributed by atoms with Crippen LogP contribution in [0.1, 0.15) is 66.9 Å². The van der Waals surface area contributed by atoms with Crippen LogP contribution in [0.5, 0.6) is 0 Å². The number of hydrogen-bond acceptors (Lipinski definition) is 5. The van der Waals surface area contributed by atoms with Crippen LogP contribution in [-0.2, 0) is 6.54 Å². The zero-order valence-corrected chi connectivity index (χ0v) is 16.7. The molecule has 3 rings (SSSR count). The number of amides is 1. The van der Waals surface area contributed by atoms with Crippen LogP contribution in [0.15, 0.2) is 53.3 Å². The van der Waals surface area contributed by atoms with Gasteiger partial charge in [-0.15, -0.1) is 0 Å². The topological polar surface area (TPSA) is 80.0 Å². The molecule has 0 unspecified atom stereocenters. The lowest BCUT2D eigenvalue weighted by atomic mass is 9.93. The minimum atomic E-state index is -0.275. The van der Waals surface area contributed by atoms with Gasteiger partial charge in [0, 0.05) is 11.9 Å². The zero-order valence-electron chi connectivity index (χ0n) is 16.7. The number of nitrogens with one attached hydrogen (secondary N) is 2. The SMILES string of the molecule is CC(C)c1cccc(C(C)C)c1Nc1nccc(C(=O)NCc2ccco2)n1. The Hall–Kier alpha value is -3.15. The summed E-state index contributed by atoms with van der Waals surface area (Å²) in [6.07, 6.45) is 3.16. The number of anilines is 2. The van der Waals surface area contributed by atoms with Crippen LogP contribution in [0, 0.1) is 0 Å². The van der Waals surface area contributed by atoms with Crippen LogP contribution < -0.4 is 10.6 Å². The van der Waals surface area contributed by atoms with Gasteiger partial charge in [-0.3, -0.25) is 4.79 Å². The van der Waals surface area contributed by atoms with Crippen molar-refractivity contribution >= 4 is 17.5 Å². The van der Waals surface area contributed by atoms with Crippen molar-refractivity contribution in [3.8, 4) is 0 Å². The highest BCUT2D eigenvalue weighted by molar-refractivity contribution is 5.92. The van der Waals surface area contributed by atoms with Gasteiger partial charge in [-0.05, 0) is 41.2 Å². The van der Waals surface area contributed by atoms with Gasteiger partial charge in [0.15, 0.2) is 0 Å². The summed E-state index contributed by atoms with van der Waals surface area (Å²) in [5.41, 5.74) is 3.71. The van der Waals surface area contributed by atoms with E-state index in [1.807, 2.05) is 6.07 Å². The number of nitrogens with zero attached hydrogens (tertiary/aromatic N) is 2. The molecule has 0 aliphatic heterocycles. The van der Waals surface area contributed by atoms with E-state index in [2.05, 4.69) is 66.5 Å². The number of carbonyl (C=O) groups excluding carboxylic acids is 1. The highest BCUT2D eigenvalue weighted by Gasteiger charge is 2.16. The van der Waals surface area contributed by atoms with Crippen LogP contribution in [0.4, 0.5) is 11.6 Å². The first-order valence-corrected chi connectivity index (χ1v) is 9.49. The Balaban J connectivity index is 1.82. The Labute approximate surface area is 165 Å². The molecule has 0 fully saturated rings. The summed E-state index contributed by atoms with van der Waals surface area (Å²) in [4.78, 5) is 21.1. The average Bonchev–Trinajstić information content (AvgIpc) is 3.19. The smallest absolute Gasteiger partial charge is 0.270 e. The molecule has 0 aliphatic carbocycles.